The molecule has 0 unspecified atom stereocenters. The first-order chi connectivity index (χ1) is 23.2. The third-order valence-electron chi connectivity index (χ3n) is 9.30. The van der Waals surface area contributed by atoms with Crippen LogP contribution < -0.4 is 0 Å². The summed E-state index contributed by atoms with van der Waals surface area (Å²) in [5, 5.41) is 7.58. The Kier molecular flexibility index (Phi) is 7.32. The smallest absolute Gasteiger partial charge is 0.00264 e. The van der Waals surface area contributed by atoms with Gasteiger partial charge in [-0.1, -0.05) is 188 Å². The van der Waals surface area contributed by atoms with Crippen LogP contribution in [0.3, 0.4) is 0 Å². The molecule has 0 heterocycles. The molecule has 0 fully saturated rings. The second kappa shape index (κ2) is 12.1. The second-order valence-electron chi connectivity index (χ2n) is 12.3. The summed E-state index contributed by atoms with van der Waals surface area (Å²) in [5.41, 5.74) is 12.1. The van der Waals surface area contributed by atoms with Crippen molar-refractivity contribution in [3.63, 3.8) is 0 Å². The van der Waals surface area contributed by atoms with Crippen molar-refractivity contribution in [2.75, 3.05) is 0 Å². The zero-order valence-electron chi connectivity index (χ0n) is 26.5. The Morgan fingerprint density at radius 1 is 0.404 bits per heavy atom. The summed E-state index contributed by atoms with van der Waals surface area (Å²) in [5.74, 6) is 0. The van der Waals surface area contributed by atoms with Gasteiger partial charge in [-0.15, -0.1) is 0 Å². The maximum atomic E-state index is 4.13. The fourth-order valence-corrected chi connectivity index (χ4v) is 6.96. The molecule has 8 rings (SSSR count). The number of rotatable bonds is 6. The van der Waals surface area contributed by atoms with Crippen molar-refractivity contribution in [2.45, 2.75) is 6.92 Å². The highest BCUT2D eigenvalue weighted by Crippen LogP contribution is 2.43. The minimum Gasteiger partial charge on any atom is -0.0955 e. The summed E-state index contributed by atoms with van der Waals surface area (Å²) in [6.45, 7) is 6.18. The van der Waals surface area contributed by atoms with Gasteiger partial charge < -0.3 is 0 Å². The first-order valence-corrected chi connectivity index (χ1v) is 16.2. The molecule has 0 N–H and O–H groups in total. The molecule has 8 aromatic rings. The van der Waals surface area contributed by atoms with Crippen LogP contribution in [0.25, 0.3) is 83.4 Å². The maximum Gasteiger partial charge on any atom is -0.00264 e. The fraction of sp³-hybridized carbons (Fsp3) is 0.0213. The van der Waals surface area contributed by atoms with Crippen LogP contribution in [0.15, 0.2) is 170 Å². The summed E-state index contributed by atoms with van der Waals surface area (Å²) < 4.78 is 0. The number of allylic oxidation sites excluding steroid dienone is 1. The molecule has 0 aliphatic heterocycles. The molecule has 0 aliphatic rings. The van der Waals surface area contributed by atoms with Gasteiger partial charge in [0.2, 0.25) is 0 Å². The van der Waals surface area contributed by atoms with Crippen LogP contribution in [0.4, 0.5) is 0 Å². The minimum atomic E-state index is 1.08. The standard InChI is InChI=1S/C47H34/c1-32(2)34-26-28-38(29-27-34)47-44-18-10-8-16-42(44)46(43-17-9-11-19-45(43)47)37-24-21-33(22-25-37)20-23-36-30-31-40(35-12-4-3-5-13-35)41-15-7-6-14-39(36)41/h3-31H,1H2,2H3. The Morgan fingerprint density at radius 3 is 1.40 bits per heavy atom. The highest BCUT2D eigenvalue weighted by molar-refractivity contribution is 6.21. The Balaban J connectivity index is 1.19. The molecule has 0 amide bonds. The second-order valence-corrected chi connectivity index (χ2v) is 12.3. The summed E-state index contributed by atoms with van der Waals surface area (Å²) in [7, 11) is 0. The Morgan fingerprint density at radius 2 is 0.872 bits per heavy atom. The van der Waals surface area contributed by atoms with Crippen molar-refractivity contribution < 1.29 is 0 Å². The molecule has 0 saturated carbocycles. The van der Waals surface area contributed by atoms with E-state index in [4.69, 9.17) is 0 Å². The summed E-state index contributed by atoms with van der Waals surface area (Å²) >= 11 is 0. The van der Waals surface area contributed by atoms with Crippen LogP contribution in [0.1, 0.15) is 23.6 Å². The molecule has 0 atom stereocenters. The van der Waals surface area contributed by atoms with Gasteiger partial charge in [0.15, 0.2) is 0 Å². The lowest BCUT2D eigenvalue weighted by molar-refractivity contribution is 1.57. The van der Waals surface area contributed by atoms with E-state index in [2.05, 4.69) is 189 Å². The normalized spacial score (nSPS) is 11.5. The molecule has 0 heteroatoms. The third kappa shape index (κ3) is 5.25. The Labute approximate surface area is 276 Å². The van der Waals surface area contributed by atoms with E-state index in [0.717, 1.165) is 5.57 Å². The average molecular weight is 599 g/mol. The van der Waals surface area contributed by atoms with E-state index in [1.165, 1.54) is 82.4 Å². The largest absolute Gasteiger partial charge is 0.0955 e. The van der Waals surface area contributed by atoms with E-state index in [-0.39, 0.29) is 0 Å². The fourth-order valence-electron chi connectivity index (χ4n) is 6.96. The quantitative estimate of drug-likeness (QED) is 0.132. The van der Waals surface area contributed by atoms with Crippen molar-refractivity contribution in [3.05, 3.63) is 187 Å². The molecule has 222 valence electrons. The van der Waals surface area contributed by atoms with Gasteiger partial charge >= 0.3 is 0 Å². The SMILES string of the molecule is C=C(C)c1ccc(-c2c3ccccc3c(-c3ccc(C=Cc4ccc(-c5ccccc5)c5ccccc45)cc3)c3ccccc23)cc1. The first kappa shape index (κ1) is 28.5. The zero-order valence-corrected chi connectivity index (χ0v) is 26.5. The van der Waals surface area contributed by atoms with Gasteiger partial charge in [-0.25, -0.2) is 0 Å². The predicted octanol–water partition coefficient (Wildman–Crippen LogP) is 13.4. The van der Waals surface area contributed by atoms with Crippen molar-refractivity contribution in [1.82, 2.24) is 0 Å². The lowest BCUT2D eigenvalue weighted by atomic mass is 9.85. The summed E-state index contributed by atoms with van der Waals surface area (Å²) in [6, 6.07) is 59.3. The monoisotopic (exact) mass is 598 g/mol. The molecule has 0 radical (unpaired) electrons. The predicted molar refractivity (Wildman–Crippen MR) is 205 cm³/mol. The lowest BCUT2D eigenvalue weighted by Gasteiger charge is -2.18. The number of benzene rings is 8. The topological polar surface area (TPSA) is 0 Å². The highest BCUT2D eigenvalue weighted by atomic mass is 14.2. The van der Waals surface area contributed by atoms with E-state index in [9.17, 15) is 0 Å². The molecular formula is C47H34. The summed E-state index contributed by atoms with van der Waals surface area (Å²) in [4.78, 5) is 0. The molecule has 0 bridgehead atoms. The Bertz CT molecular complexity index is 2380. The van der Waals surface area contributed by atoms with Gasteiger partial charge in [-0.05, 0) is 89.3 Å². The molecule has 0 aromatic heterocycles. The lowest BCUT2D eigenvalue weighted by Crippen LogP contribution is -1.91. The van der Waals surface area contributed by atoms with Crippen molar-refractivity contribution in [1.29, 1.82) is 0 Å². The van der Waals surface area contributed by atoms with Crippen LogP contribution in [0.5, 0.6) is 0 Å². The molecular weight excluding hydrogens is 565 g/mol. The first-order valence-electron chi connectivity index (χ1n) is 16.2. The van der Waals surface area contributed by atoms with Crippen LogP contribution in [0, 0.1) is 0 Å². The minimum absolute atomic E-state index is 1.08. The van der Waals surface area contributed by atoms with Gasteiger partial charge in [-0.2, -0.15) is 0 Å². The van der Waals surface area contributed by atoms with Crippen LogP contribution in [-0.4, -0.2) is 0 Å². The van der Waals surface area contributed by atoms with E-state index in [1.54, 1.807) is 0 Å². The van der Waals surface area contributed by atoms with Gasteiger partial charge in [0.05, 0.1) is 0 Å². The van der Waals surface area contributed by atoms with Gasteiger partial charge in [0.1, 0.15) is 0 Å². The molecule has 0 aliphatic carbocycles. The van der Waals surface area contributed by atoms with E-state index in [1.807, 2.05) is 0 Å². The number of fused-ring (bicyclic) bond motifs is 3. The van der Waals surface area contributed by atoms with Crippen LogP contribution in [0.2, 0.25) is 0 Å². The van der Waals surface area contributed by atoms with E-state index < -0.39 is 0 Å². The number of hydrogen-bond donors (Lipinski definition) is 0. The number of hydrogen-bond acceptors (Lipinski definition) is 0. The summed E-state index contributed by atoms with van der Waals surface area (Å²) in [6.07, 6.45) is 4.46. The van der Waals surface area contributed by atoms with Gasteiger partial charge in [-0.3, -0.25) is 0 Å². The van der Waals surface area contributed by atoms with Crippen molar-refractivity contribution in [3.8, 4) is 33.4 Å². The van der Waals surface area contributed by atoms with Crippen molar-refractivity contribution in [2.24, 2.45) is 0 Å². The van der Waals surface area contributed by atoms with E-state index >= 15 is 0 Å². The molecule has 8 aromatic carbocycles. The average Bonchev–Trinajstić information content (AvgIpc) is 3.13. The molecule has 0 saturated heterocycles. The molecule has 47 heavy (non-hydrogen) atoms. The van der Waals surface area contributed by atoms with E-state index in [0.29, 0.717) is 0 Å². The molecule has 0 spiro atoms. The maximum absolute atomic E-state index is 4.13. The highest BCUT2D eigenvalue weighted by Gasteiger charge is 2.16. The van der Waals surface area contributed by atoms with Crippen LogP contribution >= 0.6 is 0 Å². The van der Waals surface area contributed by atoms with Gasteiger partial charge in [0.25, 0.3) is 0 Å². The Hall–Kier alpha value is -5.98. The third-order valence-corrected chi connectivity index (χ3v) is 9.30. The van der Waals surface area contributed by atoms with Crippen LogP contribution in [-0.2, 0) is 0 Å². The van der Waals surface area contributed by atoms with Gasteiger partial charge in [0, 0.05) is 0 Å². The molecule has 0 nitrogen and oxygen atoms in total. The zero-order chi connectivity index (χ0) is 31.7. The van der Waals surface area contributed by atoms with Crippen molar-refractivity contribution >= 4 is 50.0 Å².